The number of fused-ring (bicyclic) bond motifs is 2. The van der Waals surface area contributed by atoms with Crippen molar-refractivity contribution in [3.63, 3.8) is 0 Å². The van der Waals surface area contributed by atoms with Crippen LogP contribution < -0.4 is 5.32 Å². The van der Waals surface area contributed by atoms with Gasteiger partial charge in [-0.3, -0.25) is 0 Å². The third-order valence-electron chi connectivity index (χ3n) is 4.12. The van der Waals surface area contributed by atoms with E-state index in [2.05, 4.69) is 5.32 Å². The summed E-state index contributed by atoms with van der Waals surface area (Å²) >= 11 is 0. The van der Waals surface area contributed by atoms with Gasteiger partial charge < -0.3 is 14.8 Å². The molecule has 3 nitrogen and oxygen atoms in total. The highest BCUT2D eigenvalue weighted by Crippen LogP contribution is 2.34. The van der Waals surface area contributed by atoms with Crippen LogP contribution in [0.2, 0.25) is 0 Å². The van der Waals surface area contributed by atoms with Gasteiger partial charge in [0.2, 0.25) is 0 Å². The molecule has 0 aromatic rings. The Hall–Kier alpha value is -0.120. The summed E-state index contributed by atoms with van der Waals surface area (Å²) in [6.45, 7) is 3.08. The predicted octanol–water partition coefficient (Wildman–Crippen LogP) is 1.32. The Morgan fingerprint density at radius 1 is 1.07 bits per heavy atom. The lowest BCUT2D eigenvalue weighted by atomic mass is 9.94. The first-order valence-corrected chi connectivity index (χ1v) is 6.38. The highest BCUT2D eigenvalue weighted by atomic mass is 16.5. The van der Waals surface area contributed by atoms with Crippen molar-refractivity contribution in [3.8, 4) is 0 Å². The maximum atomic E-state index is 5.84. The van der Waals surface area contributed by atoms with E-state index in [1.54, 1.807) is 0 Å². The number of hydrogen-bond acceptors (Lipinski definition) is 3. The van der Waals surface area contributed by atoms with Crippen molar-refractivity contribution in [3.05, 3.63) is 0 Å². The summed E-state index contributed by atoms with van der Waals surface area (Å²) in [4.78, 5) is 0. The summed E-state index contributed by atoms with van der Waals surface area (Å²) in [5.41, 5.74) is 0. The summed E-state index contributed by atoms with van der Waals surface area (Å²) in [6.07, 6.45) is 7.37. The van der Waals surface area contributed by atoms with Gasteiger partial charge in [0.05, 0.1) is 12.2 Å². The fourth-order valence-electron chi connectivity index (χ4n) is 3.12. The van der Waals surface area contributed by atoms with E-state index in [0.29, 0.717) is 18.2 Å². The fraction of sp³-hybridized carbons (Fsp3) is 1.00. The standard InChI is InChI=1S/C12H21NO2/c1-2-12-11(7-10(1)15-12)13-8-9-3-5-14-6-4-9/h9-13H,1-8H2. The van der Waals surface area contributed by atoms with Crippen LogP contribution in [0.4, 0.5) is 0 Å². The molecule has 0 aromatic heterocycles. The molecule has 3 aliphatic heterocycles. The molecular formula is C12H21NO2. The Kier molecular flexibility index (Phi) is 2.95. The molecule has 3 heteroatoms. The molecule has 0 radical (unpaired) electrons. The molecular weight excluding hydrogens is 190 g/mol. The van der Waals surface area contributed by atoms with Crippen molar-refractivity contribution < 1.29 is 9.47 Å². The molecule has 3 fully saturated rings. The van der Waals surface area contributed by atoms with E-state index in [1.165, 1.54) is 38.6 Å². The second kappa shape index (κ2) is 4.40. The van der Waals surface area contributed by atoms with E-state index >= 15 is 0 Å². The Morgan fingerprint density at radius 2 is 1.93 bits per heavy atom. The van der Waals surface area contributed by atoms with Crippen molar-refractivity contribution >= 4 is 0 Å². The molecule has 3 unspecified atom stereocenters. The SMILES string of the molecule is C1CC(CNC2CC3CCC2O3)CCO1. The quantitative estimate of drug-likeness (QED) is 0.764. The zero-order valence-electron chi connectivity index (χ0n) is 9.28. The van der Waals surface area contributed by atoms with E-state index in [9.17, 15) is 0 Å². The molecule has 0 spiro atoms. The first kappa shape index (κ1) is 10.1. The minimum atomic E-state index is 0.523. The molecule has 3 saturated heterocycles. The van der Waals surface area contributed by atoms with Crippen molar-refractivity contribution in [2.45, 2.75) is 50.4 Å². The molecule has 15 heavy (non-hydrogen) atoms. The zero-order valence-corrected chi connectivity index (χ0v) is 9.28. The molecule has 0 aliphatic carbocycles. The van der Waals surface area contributed by atoms with Crippen LogP contribution in [-0.2, 0) is 9.47 Å². The van der Waals surface area contributed by atoms with E-state index in [1.807, 2.05) is 0 Å². The topological polar surface area (TPSA) is 30.5 Å². The molecule has 3 heterocycles. The van der Waals surface area contributed by atoms with E-state index in [0.717, 1.165) is 19.1 Å². The highest BCUT2D eigenvalue weighted by molar-refractivity contribution is 4.94. The van der Waals surface area contributed by atoms with E-state index < -0.39 is 0 Å². The van der Waals surface area contributed by atoms with Crippen LogP contribution in [0.15, 0.2) is 0 Å². The monoisotopic (exact) mass is 211 g/mol. The zero-order chi connectivity index (χ0) is 10.1. The molecule has 3 aliphatic rings. The Morgan fingerprint density at radius 3 is 2.60 bits per heavy atom. The van der Waals surface area contributed by atoms with Gasteiger partial charge in [0.25, 0.3) is 0 Å². The molecule has 86 valence electrons. The van der Waals surface area contributed by atoms with Crippen LogP contribution in [0.5, 0.6) is 0 Å². The molecule has 1 N–H and O–H groups in total. The molecule has 0 aromatic carbocycles. The van der Waals surface area contributed by atoms with Crippen LogP contribution in [0.3, 0.4) is 0 Å². The summed E-state index contributed by atoms with van der Waals surface area (Å²) in [5, 5.41) is 3.70. The predicted molar refractivity (Wildman–Crippen MR) is 57.8 cm³/mol. The molecule has 3 atom stereocenters. The molecule has 0 saturated carbocycles. The van der Waals surface area contributed by atoms with Gasteiger partial charge in [0.15, 0.2) is 0 Å². The number of nitrogens with one attached hydrogen (secondary N) is 1. The lowest BCUT2D eigenvalue weighted by Gasteiger charge is -2.26. The second-order valence-electron chi connectivity index (χ2n) is 5.18. The first-order valence-electron chi connectivity index (χ1n) is 6.38. The van der Waals surface area contributed by atoms with Gasteiger partial charge in [0.1, 0.15) is 0 Å². The number of ether oxygens (including phenoxy) is 2. The highest BCUT2D eigenvalue weighted by Gasteiger charge is 2.40. The van der Waals surface area contributed by atoms with Crippen LogP contribution in [0.1, 0.15) is 32.1 Å². The maximum absolute atomic E-state index is 5.84. The van der Waals surface area contributed by atoms with Gasteiger partial charge in [-0.2, -0.15) is 0 Å². The maximum Gasteiger partial charge on any atom is 0.0733 e. The van der Waals surface area contributed by atoms with Crippen molar-refractivity contribution in [2.24, 2.45) is 5.92 Å². The van der Waals surface area contributed by atoms with Crippen molar-refractivity contribution in [2.75, 3.05) is 19.8 Å². The third kappa shape index (κ3) is 2.19. The lowest BCUT2D eigenvalue weighted by molar-refractivity contribution is 0.0631. The second-order valence-corrected chi connectivity index (χ2v) is 5.18. The van der Waals surface area contributed by atoms with Crippen LogP contribution in [0, 0.1) is 5.92 Å². The van der Waals surface area contributed by atoms with Gasteiger partial charge in [-0.15, -0.1) is 0 Å². The Bertz CT molecular complexity index is 216. The van der Waals surface area contributed by atoms with Gasteiger partial charge in [-0.25, -0.2) is 0 Å². The van der Waals surface area contributed by atoms with E-state index in [4.69, 9.17) is 9.47 Å². The Labute approximate surface area is 91.5 Å². The first-order chi connectivity index (χ1) is 7.42. The molecule has 2 bridgehead atoms. The molecule has 0 amide bonds. The van der Waals surface area contributed by atoms with Gasteiger partial charge in [0, 0.05) is 19.3 Å². The Balaban J connectivity index is 1.42. The van der Waals surface area contributed by atoms with Gasteiger partial charge in [-0.05, 0) is 44.6 Å². The van der Waals surface area contributed by atoms with Crippen LogP contribution in [-0.4, -0.2) is 38.0 Å². The number of rotatable bonds is 3. The largest absolute Gasteiger partial charge is 0.381 e. The summed E-state index contributed by atoms with van der Waals surface area (Å²) in [5.74, 6) is 0.831. The number of hydrogen-bond donors (Lipinski definition) is 1. The van der Waals surface area contributed by atoms with E-state index in [-0.39, 0.29) is 0 Å². The fourth-order valence-corrected chi connectivity index (χ4v) is 3.12. The smallest absolute Gasteiger partial charge is 0.0733 e. The summed E-state index contributed by atoms with van der Waals surface area (Å²) < 4.78 is 11.2. The average molecular weight is 211 g/mol. The van der Waals surface area contributed by atoms with Crippen molar-refractivity contribution in [1.29, 1.82) is 0 Å². The van der Waals surface area contributed by atoms with Gasteiger partial charge >= 0.3 is 0 Å². The minimum absolute atomic E-state index is 0.523. The summed E-state index contributed by atoms with van der Waals surface area (Å²) in [7, 11) is 0. The molecule has 3 rings (SSSR count). The average Bonchev–Trinajstić information content (AvgIpc) is 2.89. The lowest BCUT2D eigenvalue weighted by Crippen LogP contribution is -2.41. The minimum Gasteiger partial charge on any atom is -0.381 e. The van der Waals surface area contributed by atoms with Crippen molar-refractivity contribution in [1.82, 2.24) is 5.32 Å². The van der Waals surface area contributed by atoms with Crippen LogP contribution in [0.25, 0.3) is 0 Å². The van der Waals surface area contributed by atoms with Crippen LogP contribution >= 0.6 is 0 Å². The normalized spacial score (nSPS) is 41.2. The van der Waals surface area contributed by atoms with Gasteiger partial charge in [-0.1, -0.05) is 0 Å². The summed E-state index contributed by atoms with van der Waals surface area (Å²) in [6, 6.07) is 0.645. The third-order valence-corrected chi connectivity index (χ3v) is 4.12.